The van der Waals surface area contributed by atoms with Crippen LogP contribution in [0.1, 0.15) is 22.9 Å². The van der Waals surface area contributed by atoms with Crippen molar-refractivity contribution < 1.29 is 23.8 Å². The monoisotopic (exact) mass is 449 g/mol. The predicted octanol–water partition coefficient (Wildman–Crippen LogP) is 2.52. The van der Waals surface area contributed by atoms with Crippen molar-refractivity contribution in [2.75, 3.05) is 41.0 Å². The van der Waals surface area contributed by atoms with E-state index in [1.807, 2.05) is 36.4 Å². The van der Waals surface area contributed by atoms with E-state index < -0.39 is 12.1 Å². The summed E-state index contributed by atoms with van der Waals surface area (Å²) in [5.41, 5.74) is 3.85. The molecule has 2 aliphatic rings. The minimum absolute atomic E-state index is 0.0397. The molecule has 3 heterocycles. The topological polar surface area (TPSA) is 84.1 Å². The van der Waals surface area contributed by atoms with Crippen molar-refractivity contribution in [1.82, 2.24) is 14.8 Å². The number of fused-ring (bicyclic) bond motifs is 4. The molecule has 1 saturated heterocycles. The summed E-state index contributed by atoms with van der Waals surface area (Å²) < 4.78 is 16.1. The number of ether oxygens (including phenoxy) is 3. The quantitative estimate of drug-likeness (QED) is 0.625. The lowest BCUT2D eigenvalue weighted by Gasteiger charge is -2.47. The third kappa shape index (κ3) is 3.41. The molecule has 8 nitrogen and oxygen atoms in total. The van der Waals surface area contributed by atoms with Gasteiger partial charge in [-0.15, -0.1) is 0 Å². The van der Waals surface area contributed by atoms with Gasteiger partial charge in [0.15, 0.2) is 11.5 Å². The zero-order valence-electron chi connectivity index (χ0n) is 19.0. The number of nitrogens with zero attached hydrogens (tertiary/aromatic N) is 2. The number of amides is 2. The number of benzene rings is 2. The van der Waals surface area contributed by atoms with Gasteiger partial charge in [0.25, 0.3) is 0 Å². The van der Waals surface area contributed by atoms with Gasteiger partial charge in [0.2, 0.25) is 11.8 Å². The molecule has 8 heteroatoms. The molecule has 3 aromatic rings. The molecule has 172 valence electrons. The smallest absolute Gasteiger partial charge is 0.246 e. The summed E-state index contributed by atoms with van der Waals surface area (Å²) in [5.74, 6) is 1.05. The molecule has 2 amide bonds. The van der Waals surface area contributed by atoms with Crippen LogP contribution in [0.2, 0.25) is 0 Å². The number of nitrogens with one attached hydrogen (secondary N) is 1. The van der Waals surface area contributed by atoms with Gasteiger partial charge in [-0.25, -0.2) is 0 Å². The minimum Gasteiger partial charge on any atom is -0.493 e. The van der Waals surface area contributed by atoms with E-state index in [2.05, 4.69) is 11.1 Å². The second-order valence-corrected chi connectivity index (χ2v) is 8.35. The molecule has 1 N–H and O–H groups in total. The van der Waals surface area contributed by atoms with Gasteiger partial charge in [0.05, 0.1) is 33.4 Å². The molecule has 2 aliphatic heterocycles. The highest BCUT2D eigenvalue weighted by atomic mass is 16.5. The summed E-state index contributed by atoms with van der Waals surface area (Å²) in [6.45, 7) is 0.828. The molecule has 1 fully saturated rings. The molecule has 2 aromatic carbocycles. The van der Waals surface area contributed by atoms with Crippen LogP contribution in [0.4, 0.5) is 0 Å². The SMILES string of the molecule is COCCN1CC(=O)N2[C@@H](c3ccc(OC)c(OC)c3)c3[nH]c4ccccc4c3C[C@H]2C1=O. The Hall–Kier alpha value is -3.52. The van der Waals surface area contributed by atoms with Gasteiger partial charge in [-0.3, -0.25) is 9.59 Å². The van der Waals surface area contributed by atoms with Crippen LogP contribution in [-0.2, 0) is 20.7 Å². The Morgan fingerprint density at radius 1 is 1.03 bits per heavy atom. The van der Waals surface area contributed by atoms with E-state index in [0.29, 0.717) is 31.1 Å². The van der Waals surface area contributed by atoms with E-state index in [1.54, 1.807) is 31.1 Å². The number of para-hydroxylation sites is 1. The lowest BCUT2D eigenvalue weighted by molar-refractivity contribution is -0.159. The Morgan fingerprint density at radius 3 is 2.58 bits per heavy atom. The third-order valence-electron chi connectivity index (χ3n) is 6.63. The van der Waals surface area contributed by atoms with E-state index >= 15 is 0 Å². The van der Waals surface area contributed by atoms with Gasteiger partial charge < -0.3 is 29.0 Å². The van der Waals surface area contributed by atoms with Crippen LogP contribution in [0.5, 0.6) is 11.5 Å². The summed E-state index contributed by atoms with van der Waals surface area (Å²) in [4.78, 5) is 33.8. The average Bonchev–Trinajstić information content (AvgIpc) is 3.22. The van der Waals surface area contributed by atoms with Crippen molar-refractivity contribution in [3.05, 3.63) is 59.3 Å². The number of carbonyl (C=O) groups excluding carboxylic acids is 2. The first-order chi connectivity index (χ1) is 16.1. The van der Waals surface area contributed by atoms with E-state index in [0.717, 1.165) is 27.7 Å². The molecule has 0 aliphatic carbocycles. The summed E-state index contributed by atoms with van der Waals surface area (Å²) in [5, 5.41) is 1.08. The van der Waals surface area contributed by atoms with Crippen LogP contribution in [-0.4, -0.2) is 73.7 Å². The van der Waals surface area contributed by atoms with Crippen molar-refractivity contribution >= 4 is 22.7 Å². The fourth-order valence-corrected chi connectivity index (χ4v) is 5.08. The van der Waals surface area contributed by atoms with Crippen molar-refractivity contribution in [2.45, 2.75) is 18.5 Å². The second kappa shape index (κ2) is 8.44. The molecule has 5 rings (SSSR count). The number of hydrogen-bond donors (Lipinski definition) is 1. The summed E-state index contributed by atoms with van der Waals surface area (Å²) >= 11 is 0. The number of hydrogen-bond acceptors (Lipinski definition) is 5. The zero-order chi connectivity index (χ0) is 23.1. The number of piperazine rings is 1. The molecule has 0 saturated carbocycles. The number of H-pyrrole nitrogens is 1. The van der Waals surface area contributed by atoms with Crippen molar-refractivity contribution in [3.63, 3.8) is 0 Å². The fourth-order valence-electron chi connectivity index (χ4n) is 5.08. The van der Waals surface area contributed by atoms with Crippen molar-refractivity contribution in [1.29, 1.82) is 0 Å². The summed E-state index contributed by atoms with van der Waals surface area (Å²) in [7, 11) is 4.77. The molecule has 1 aromatic heterocycles. The summed E-state index contributed by atoms with van der Waals surface area (Å²) in [6, 6.07) is 12.7. The Kier molecular flexibility index (Phi) is 5.46. The van der Waals surface area contributed by atoms with Crippen LogP contribution in [0.25, 0.3) is 10.9 Å². The third-order valence-corrected chi connectivity index (χ3v) is 6.63. The first-order valence-corrected chi connectivity index (χ1v) is 11.0. The standard InChI is InChI=1S/C25H27N3O5/c1-31-11-10-27-14-22(29)28-19(25(27)30)13-17-16-6-4-5-7-18(16)26-23(17)24(28)15-8-9-20(32-2)21(12-15)33-3/h4-9,12,19,24,26H,10-11,13-14H2,1-3H3/t19-,24-/m0/s1. The lowest BCUT2D eigenvalue weighted by Crippen LogP contribution is -2.63. The van der Waals surface area contributed by atoms with Crippen LogP contribution in [0.3, 0.4) is 0 Å². The van der Waals surface area contributed by atoms with Gasteiger partial charge in [0.1, 0.15) is 6.04 Å². The first kappa shape index (κ1) is 21.3. The molecule has 0 spiro atoms. The van der Waals surface area contributed by atoms with Gasteiger partial charge >= 0.3 is 0 Å². The van der Waals surface area contributed by atoms with E-state index in [9.17, 15) is 9.59 Å². The van der Waals surface area contributed by atoms with Crippen LogP contribution < -0.4 is 9.47 Å². The minimum atomic E-state index is -0.576. The molecule has 0 bridgehead atoms. The van der Waals surface area contributed by atoms with Gasteiger partial charge in [0, 0.05) is 36.7 Å². The fraction of sp³-hybridized carbons (Fsp3) is 0.360. The second-order valence-electron chi connectivity index (χ2n) is 8.35. The van der Waals surface area contributed by atoms with Crippen LogP contribution >= 0.6 is 0 Å². The Balaban J connectivity index is 1.67. The average molecular weight is 450 g/mol. The van der Waals surface area contributed by atoms with Crippen LogP contribution in [0.15, 0.2) is 42.5 Å². The normalized spacial score (nSPS) is 20.1. The van der Waals surface area contributed by atoms with Gasteiger partial charge in [-0.05, 0) is 29.3 Å². The van der Waals surface area contributed by atoms with Crippen LogP contribution in [0, 0.1) is 0 Å². The highest BCUT2D eigenvalue weighted by molar-refractivity contribution is 5.97. The summed E-state index contributed by atoms with van der Waals surface area (Å²) in [6.07, 6.45) is 0.469. The maximum atomic E-state index is 13.5. The number of rotatable bonds is 6. The maximum absolute atomic E-state index is 13.5. The van der Waals surface area contributed by atoms with Gasteiger partial charge in [-0.1, -0.05) is 24.3 Å². The Labute approximate surface area is 192 Å². The van der Waals surface area contributed by atoms with Gasteiger partial charge in [-0.2, -0.15) is 0 Å². The highest BCUT2D eigenvalue weighted by Crippen LogP contribution is 2.44. The van der Waals surface area contributed by atoms with E-state index in [-0.39, 0.29) is 18.4 Å². The Morgan fingerprint density at radius 2 is 1.82 bits per heavy atom. The number of aromatic amines is 1. The lowest BCUT2D eigenvalue weighted by atomic mass is 9.86. The molecular weight excluding hydrogens is 422 g/mol. The van der Waals surface area contributed by atoms with E-state index in [1.165, 1.54) is 0 Å². The largest absolute Gasteiger partial charge is 0.493 e. The van der Waals surface area contributed by atoms with Crippen molar-refractivity contribution in [2.24, 2.45) is 0 Å². The first-order valence-electron chi connectivity index (χ1n) is 11.0. The zero-order valence-corrected chi connectivity index (χ0v) is 19.0. The predicted molar refractivity (Wildman–Crippen MR) is 122 cm³/mol. The highest BCUT2D eigenvalue weighted by Gasteiger charge is 2.48. The maximum Gasteiger partial charge on any atom is 0.246 e. The Bertz CT molecular complexity index is 1220. The van der Waals surface area contributed by atoms with Crippen molar-refractivity contribution in [3.8, 4) is 11.5 Å². The molecule has 33 heavy (non-hydrogen) atoms. The number of carbonyl (C=O) groups is 2. The molecule has 2 atom stereocenters. The molecular formula is C25H27N3O5. The molecule has 0 unspecified atom stereocenters. The number of methoxy groups -OCH3 is 3. The number of aromatic nitrogens is 1. The van der Waals surface area contributed by atoms with E-state index in [4.69, 9.17) is 14.2 Å². The molecule has 0 radical (unpaired) electrons.